The Balaban J connectivity index is 1.57. The number of anilines is 2. The number of imide groups is 1. The lowest BCUT2D eigenvalue weighted by Crippen LogP contribution is -2.54. The lowest BCUT2D eigenvalue weighted by molar-refractivity contribution is -0.384. The first-order valence-corrected chi connectivity index (χ1v) is 11.7. The van der Waals surface area contributed by atoms with E-state index in [1.165, 1.54) is 25.3 Å². The minimum absolute atomic E-state index is 0.00620. The number of amides is 3. The molecule has 1 N–H and O–H groups in total. The number of nitro groups is 1. The molecular formula is C24H21ClN4O6. The molecule has 0 unspecified atom stereocenters. The highest BCUT2D eigenvalue weighted by atomic mass is 35.5. The number of fused-ring (bicyclic) bond motifs is 7. The Labute approximate surface area is 204 Å². The predicted octanol–water partition coefficient (Wildman–Crippen LogP) is 3.00. The van der Waals surface area contributed by atoms with Crippen LogP contribution in [0.4, 0.5) is 17.1 Å². The number of benzene rings is 2. The molecule has 4 aliphatic heterocycles. The maximum absolute atomic E-state index is 14.1. The lowest BCUT2D eigenvalue weighted by atomic mass is 9.75. The zero-order valence-corrected chi connectivity index (χ0v) is 19.7. The van der Waals surface area contributed by atoms with Crippen molar-refractivity contribution >= 4 is 46.4 Å². The van der Waals surface area contributed by atoms with Gasteiger partial charge in [0.05, 0.1) is 34.6 Å². The highest BCUT2D eigenvalue weighted by molar-refractivity contribution is 6.35. The Morgan fingerprint density at radius 3 is 2.69 bits per heavy atom. The van der Waals surface area contributed by atoms with Crippen LogP contribution in [0.1, 0.15) is 24.0 Å². The van der Waals surface area contributed by atoms with E-state index < -0.39 is 34.1 Å². The van der Waals surface area contributed by atoms with Gasteiger partial charge in [-0.05, 0) is 44.0 Å². The van der Waals surface area contributed by atoms with Crippen LogP contribution in [0, 0.1) is 28.9 Å². The van der Waals surface area contributed by atoms with Gasteiger partial charge in [-0.1, -0.05) is 17.7 Å². The van der Waals surface area contributed by atoms with E-state index in [2.05, 4.69) is 5.32 Å². The average molecular weight is 497 g/mol. The van der Waals surface area contributed by atoms with Crippen LogP contribution in [0.3, 0.4) is 0 Å². The molecular weight excluding hydrogens is 476 g/mol. The predicted molar refractivity (Wildman–Crippen MR) is 125 cm³/mol. The van der Waals surface area contributed by atoms with Crippen LogP contribution in [-0.4, -0.2) is 47.2 Å². The van der Waals surface area contributed by atoms with Crippen molar-refractivity contribution in [1.82, 2.24) is 4.90 Å². The largest absolute Gasteiger partial charge is 0.495 e. The molecule has 0 aromatic heterocycles. The molecule has 2 aromatic rings. The standard InChI is InChI=1S/C24H21ClN4O6/c1-11-8-13-20(14(25)9-11)26-23(32)24(13)19-18(15-4-3-7-27(15)24)21(30)28(22(19)31)16-10-12(29(33)34)5-6-17(16)35-2/h5-6,8-10,15,18-19H,3-4,7H2,1-2H3,(H,26,32)/t15-,18-,19+,24+/m1/s1. The normalized spacial score (nSPS) is 28.9. The molecule has 4 atom stereocenters. The van der Waals surface area contributed by atoms with Crippen LogP contribution in [0.25, 0.3) is 0 Å². The molecule has 0 radical (unpaired) electrons. The van der Waals surface area contributed by atoms with E-state index in [0.29, 0.717) is 29.2 Å². The number of halogens is 1. The topological polar surface area (TPSA) is 122 Å². The van der Waals surface area contributed by atoms with Crippen LogP contribution in [0.2, 0.25) is 5.02 Å². The second-order valence-corrected chi connectivity index (χ2v) is 9.83. The van der Waals surface area contributed by atoms with E-state index in [1.54, 1.807) is 6.07 Å². The molecule has 180 valence electrons. The zero-order chi connectivity index (χ0) is 24.8. The minimum Gasteiger partial charge on any atom is -0.495 e. The molecule has 4 aliphatic rings. The first-order chi connectivity index (χ1) is 16.7. The molecule has 1 spiro atoms. The van der Waals surface area contributed by atoms with Gasteiger partial charge in [-0.2, -0.15) is 0 Å². The van der Waals surface area contributed by atoms with E-state index in [-0.39, 0.29) is 29.1 Å². The fraction of sp³-hybridized carbons (Fsp3) is 0.375. The van der Waals surface area contributed by atoms with E-state index in [9.17, 15) is 24.5 Å². The zero-order valence-electron chi connectivity index (χ0n) is 18.9. The number of ether oxygens (including phenoxy) is 1. The molecule has 3 saturated heterocycles. The van der Waals surface area contributed by atoms with Gasteiger partial charge < -0.3 is 10.1 Å². The average Bonchev–Trinajstić information content (AvgIpc) is 3.52. The van der Waals surface area contributed by atoms with Crippen molar-refractivity contribution in [3.05, 3.63) is 56.6 Å². The van der Waals surface area contributed by atoms with Crippen molar-refractivity contribution in [1.29, 1.82) is 0 Å². The highest BCUT2D eigenvalue weighted by Gasteiger charge is 2.75. The summed E-state index contributed by atoms with van der Waals surface area (Å²) in [7, 11) is 1.36. The summed E-state index contributed by atoms with van der Waals surface area (Å²) < 4.78 is 5.35. The van der Waals surface area contributed by atoms with Crippen LogP contribution in [0.5, 0.6) is 5.75 Å². The Hall–Kier alpha value is -3.50. The number of nitrogens with one attached hydrogen (secondary N) is 1. The molecule has 6 rings (SSSR count). The first kappa shape index (κ1) is 22.0. The summed E-state index contributed by atoms with van der Waals surface area (Å²) in [5, 5.41) is 14.7. The number of nitro benzene ring substituents is 1. The Morgan fingerprint density at radius 2 is 1.97 bits per heavy atom. The third-order valence-corrected chi connectivity index (χ3v) is 8.11. The van der Waals surface area contributed by atoms with Gasteiger partial charge in [-0.25, -0.2) is 4.90 Å². The van der Waals surface area contributed by atoms with E-state index in [1.807, 2.05) is 17.9 Å². The van der Waals surface area contributed by atoms with Gasteiger partial charge in [0, 0.05) is 23.7 Å². The SMILES string of the molecule is COc1ccc([N+](=O)[O-])cc1N1C(=O)[C@@H]2[C@H]3CCCN3[C@]3(C(=O)Nc4c(Cl)cc(C)cc43)[C@@H]2C1=O. The summed E-state index contributed by atoms with van der Waals surface area (Å²) in [6, 6.07) is 7.06. The Morgan fingerprint density at radius 1 is 1.20 bits per heavy atom. The summed E-state index contributed by atoms with van der Waals surface area (Å²) in [4.78, 5) is 55.5. The number of nitrogens with zero attached hydrogens (tertiary/aromatic N) is 3. The van der Waals surface area contributed by atoms with Crippen molar-refractivity contribution in [3.63, 3.8) is 0 Å². The molecule has 10 nitrogen and oxygen atoms in total. The number of hydrogen-bond donors (Lipinski definition) is 1. The molecule has 0 bridgehead atoms. The van der Waals surface area contributed by atoms with Gasteiger partial charge in [-0.15, -0.1) is 0 Å². The quantitative estimate of drug-likeness (QED) is 0.393. The molecule has 35 heavy (non-hydrogen) atoms. The summed E-state index contributed by atoms with van der Waals surface area (Å²) in [6.07, 6.45) is 1.43. The Bertz CT molecular complexity index is 1360. The second kappa shape index (κ2) is 7.25. The highest BCUT2D eigenvalue weighted by Crippen LogP contribution is 2.62. The van der Waals surface area contributed by atoms with Crippen molar-refractivity contribution in [2.24, 2.45) is 11.8 Å². The van der Waals surface area contributed by atoms with Gasteiger partial charge in [0.1, 0.15) is 17.0 Å². The number of rotatable bonds is 3. The smallest absolute Gasteiger partial charge is 0.271 e. The molecule has 2 aromatic carbocycles. The maximum Gasteiger partial charge on any atom is 0.271 e. The number of aryl methyl sites for hydroxylation is 1. The fourth-order valence-electron chi connectivity index (χ4n) is 6.60. The molecule has 4 heterocycles. The molecule has 3 fully saturated rings. The Kier molecular flexibility index (Phi) is 4.56. The lowest BCUT2D eigenvalue weighted by Gasteiger charge is -2.36. The molecule has 3 amide bonds. The van der Waals surface area contributed by atoms with Crippen LogP contribution >= 0.6 is 11.6 Å². The van der Waals surface area contributed by atoms with Crippen molar-refractivity contribution in [3.8, 4) is 5.75 Å². The van der Waals surface area contributed by atoms with Crippen LogP contribution < -0.4 is 15.0 Å². The number of non-ortho nitro benzene ring substituents is 1. The fourth-order valence-corrected chi connectivity index (χ4v) is 6.92. The minimum atomic E-state index is -1.38. The van der Waals surface area contributed by atoms with Crippen LogP contribution in [-0.2, 0) is 19.9 Å². The van der Waals surface area contributed by atoms with Crippen molar-refractivity contribution < 1.29 is 24.0 Å². The van der Waals surface area contributed by atoms with Gasteiger partial charge in [0.25, 0.3) is 11.6 Å². The summed E-state index contributed by atoms with van der Waals surface area (Å²) in [5.41, 5.74) is 0.236. The number of carbonyl (C=O) groups excluding carboxylic acids is 3. The molecule has 0 aliphatic carbocycles. The summed E-state index contributed by atoms with van der Waals surface area (Å²) in [6.45, 7) is 2.43. The number of hydrogen-bond acceptors (Lipinski definition) is 7. The van der Waals surface area contributed by atoms with E-state index in [4.69, 9.17) is 16.3 Å². The molecule has 0 saturated carbocycles. The third-order valence-electron chi connectivity index (χ3n) is 7.81. The van der Waals surface area contributed by atoms with Crippen molar-refractivity contribution in [2.75, 3.05) is 23.9 Å². The van der Waals surface area contributed by atoms with Gasteiger partial charge in [0.15, 0.2) is 0 Å². The van der Waals surface area contributed by atoms with E-state index in [0.717, 1.165) is 16.9 Å². The summed E-state index contributed by atoms with van der Waals surface area (Å²) in [5.74, 6) is -3.05. The third kappa shape index (κ3) is 2.61. The first-order valence-electron chi connectivity index (χ1n) is 11.3. The van der Waals surface area contributed by atoms with Gasteiger partial charge in [-0.3, -0.25) is 29.4 Å². The van der Waals surface area contributed by atoms with Gasteiger partial charge >= 0.3 is 0 Å². The monoisotopic (exact) mass is 496 g/mol. The van der Waals surface area contributed by atoms with Gasteiger partial charge in [0.2, 0.25) is 11.8 Å². The molecule has 11 heteroatoms. The number of carbonyl (C=O) groups is 3. The van der Waals surface area contributed by atoms with Crippen molar-refractivity contribution in [2.45, 2.75) is 31.3 Å². The summed E-state index contributed by atoms with van der Waals surface area (Å²) >= 11 is 6.49. The van der Waals surface area contributed by atoms with E-state index >= 15 is 0 Å². The maximum atomic E-state index is 14.1. The second-order valence-electron chi connectivity index (χ2n) is 9.42. The van der Waals surface area contributed by atoms with Crippen LogP contribution in [0.15, 0.2) is 30.3 Å². The number of methoxy groups -OCH3 is 1.